The van der Waals surface area contributed by atoms with Crippen LogP contribution in [0.5, 0.6) is 0 Å². The summed E-state index contributed by atoms with van der Waals surface area (Å²) in [6.07, 6.45) is 7.22. The van der Waals surface area contributed by atoms with E-state index in [0.717, 1.165) is 51.6 Å². The van der Waals surface area contributed by atoms with Crippen LogP contribution >= 0.6 is 23.1 Å². The van der Waals surface area contributed by atoms with Gasteiger partial charge in [-0.25, -0.2) is 4.98 Å². The molecule has 0 amide bonds. The molecule has 5 aromatic rings. The maximum absolute atomic E-state index is 13.6. The van der Waals surface area contributed by atoms with Gasteiger partial charge in [-0.3, -0.25) is 14.3 Å². The molecule has 1 aromatic carbocycles. The van der Waals surface area contributed by atoms with E-state index in [-0.39, 0.29) is 5.56 Å². The third kappa shape index (κ3) is 4.17. The Hall–Kier alpha value is -3.30. The Balaban J connectivity index is 1.22. The number of thiophene rings is 1. The molecule has 0 spiro atoms. The van der Waals surface area contributed by atoms with Crippen LogP contribution in [-0.4, -0.2) is 30.4 Å². The number of fused-ring (bicyclic) bond motifs is 1. The standard InChI is InChI=1S/C25H21N5O2S2/c31-24-21-19(16-8-9-16)15-34-23(21)28-25(30(24)18-5-2-1-3-6-18)33-14-4-7-20-27-22(29-32-20)17-10-12-26-13-11-17/h1-3,5-6,10-13,15-16H,4,7-9,14H2. The van der Waals surface area contributed by atoms with Gasteiger partial charge in [0, 0.05) is 30.1 Å². The molecule has 1 saturated carbocycles. The van der Waals surface area contributed by atoms with Gasteiger partial charge in [0.2, 0.25) is 11.7 Å². The van der Waals surface area contributed by atoms with E-state index in [1.165, 1.54) is 5.56 Å². The molecular weight excluding hydrogens is 466 g/mol. The highest BCUT2D eigenvalue weighted by Gasteiger charge is 2.29. The van der Waals surface area contributed by atoms with Gasteiger partial charge in [0.1, 0.15) is 4.83 Å². The van der Waals surface area contributed by atoms with Crippen LogP contribution < -0.4 is 5.56 Å². The maximum Gasteiger partial charge on any atom is 0.267 e. The molecule has 0 saturated heterocycles. The summed E-state index contributed by atoms with van der Waals surface area (Å²) in [4.78, 5) is 27.9. The first-order chi connectivity index (χ1) is 16.8. The highest BCUT2D eigenvalue weighted by molar-refractivity contribution is 7.99. The van der Waals surface area contributed by atoms with Crippen molar-refractivity contribution in [1.82, 2.24) is 24.7 Å². The number of para-hydroxylation sites is 1. The Morgan fingerprint density at radius 2 is 1.91 bits per heavy atom. The van der Waals surface area contributed by atoms with Gasteiger partial charge in [-0.2, -0.15) is 4.98 Å². The second-order valence-corrected chi connectivity index (χ2v) is 10.1. The summed E-state index contributed by atoms with van der Waals surface area (Å²) in [5.41, 5.74) is 2.92. The van der Waals surface area contributed by atoms with Crippen LogP contribution in [0.15, 0.2) is 74.7 Å². The lowest BCUT2D eigenvalue weighted by Gasteiger charge is -2.12. The van der Waals surface area contributed by atoms with E-state index < -0.39 is 0 Å². The van der Waals surface area contributed by atoms with E-state index in [2.05, 4.69) is 20.5 Å². The number of rotatable bonds is 8. The summed E-state index contributed by atoms with van der Waals surface area (Å²) in [6.45, 7) is 0. The molecule has 4 heterocycles. The zero-order valence-corrected chi connectivity index (χ0v) is 19.9. The molecule has 0 bridgehead atoms. The molecule has 0 unspecified atom stereocenters. The molecule has 0 aliphatic heterocycles. The van der Waals surface area contributed by atoms with Gasteiger partial charge in [-0.15, -0.1) is 11.3 Å². The fraction of sp³-hybridized carbons (Fsp3) is 0.240. The molecule has 1 fully saturated rings. The zero-order valence-electron chi connectivity index (χ0n) is 18.3. The summed E-state index contributed by atoms with van der Waals surface area (Å²) in [5.74, 6) is 2.46. The normalized spacial score (nSPS) is 13.5. The number of pyridine rings is 1. The highest BCUT2D eigenvalue weighted by Crippen LogP contribution is 2.44. The summed E-state index contributed by atoms with van der Waals surface area (Å²) in [6, 6.07) is 13.5. The van der Waals surface area contributed by atoms with E-state index in [1.807, 2.05) is 42.5 Å². The van der Waals surface area contributed by atoms with Crippen LogP contribution in [-0.2, 0) is 6.42 Å². The van der Waals surface area contributed by atoms with Crippen molar-refractivity contribution in [2.24, 2.45) is 0 Å². The van der Waals surface area contributed by atoms with Crippen LogP contribution in [0.25, 0.3) is 27.3 Å². The number of aromatic nitrogens is 5. The Bertz CT molecular complexity index is 1490. The average Bonchev–Trinajstić information content (AvgIpc) is 3.45. The number of aryl methyl sites for hydroxylation is 1. The topological polar surface area (TPSA) is 86.7 Å². The van der Waals surface area contributed by atoms with Crippen LogP contribution in [0.3, 0.4) is 0 Å². The first-order valence-electron chi connectivity index (χ1n) is 11.2. The van der Waals surface area contributed by atoms with Crippen molar-refractivity contribution in [3.63, 3.8) is 0 Å². The van der Waals surface area contributed by atoms with Gasteiger partial charge in [0.15, 0.2) is 5.16 Å². The van der Waals surface area contributed by atoms with Crippen molar-refractivity contribution in [3.8, 4) is 17.1 Å². The molecule has 0 radical (unpaired) electrons. The van der Waals surface area contributed by atoms with Crippen LogP contribution in [0.4, 0.5) is 0 Å². The van der Waals surface area contributed by atoms with Crippen LogP contribution in [0.1, 0.15) is 36.6 Å². The van der Waals surface area contributed by atoms with Gasteiger partial charge in [0.25, 0.3) is 5.56 Å². The Morgan fingerprint density at radius 3 is 2.71 bits per heavy atom. The van der Waals surface area contributed by atoms with Crippen LogP contribution in [0, 0.1) is 0 Å². The quantitative estimate of drug-likeness (QED) is 0.162. The fourth-order valence-electron chi connectivity index (χ4n) is 3.95. The van der Waals surface area contributed by atoms with Gasteiger partial charge >= 0.3 is 0 Å². The zero-order chi connectivity index (χ0) is 22.9. The van der Waals surface area contributed by atoms with Crippen molar-refractivity contribution >= 4 is 33.3 Å². The smallest absolute Gasteiger partial charge is 0.267 e. The summed E-state index contributed by atoms with van der Waals surface area (Å²) >= 11 is 3.16. The molecule has 0 N–H and O–H groups in total. The number of nitrogens with zero attached hydrogens (tertiary/aromatic N) is 5. The third-order valence-corrected chi connectivity index (χ3v) is 7.73. The van der Waals surface area contributed by atoms with Crippen molar-refractivity contribution in [3.05, 3.63) is 82.0 Å². The average molecular weight is 488 g/mol. The molecule has 1 aliphatic carbocycles. The molecule has 170 valence electrons. The maximum atomic E-state index is 13.6. The lowest BCUT2D eigenvalue weighted by Crippen LogP contribution is -2.21. The van der Waals surface area contributed by atoms with E-state index in [0.29, 0.717) is 24.1 Å². The Labute approximate surface area is 203 Å². The molecule has 9 heteroatoms. The van der Waals surface area contributed by atoms with Crippen molar-refractivity contribution in [2.45, 2.75) is 36.8 Å². The van der Waals surface area contributed by atoms with E-state index in [1.54, 1.807) is 40.1 Å². The first kappa shape index (κ1) is 21.2. The lowest BCUT2D eigenvalue weighted by molar-refractivity contribution is 0.378. The first-order valence-corrected chi connectivity index (χ1v) is 13.1. The molecule has 34 heavy (non-hydrogen) atoms. The number of hydrogen-bond donors (Lipinski definition) is 0. The monoisotopic (exact) mass is 487 g/mol. The van der Waals surface area contributed by atoms with Crippen molar-refractivity contribution in [1.29, 1.82) is 0 Å². The molecule has 1 aliphatic rings. The number of thioether (sulfide) groups is 1. The van der Waals surface area contributed by atoms with Crippen molar-refractivity contribution < 1.29 is 4.52 Å². The minimum absolute atomic E-state index is 0.0285. The molecule has 0 atom stereocenters. The van der Waals surface area contributed by atoms with E-state index in [9.17, 15) is 4.79 Å². The highest BCUT2D eigenvalue weighted by atomic mass is 32.2. The second kappa shape index (κ2) is 9.15. The minimum atomic E-state index is 0.0285. The third-order valence-electron chi connectivity index (χ3n) is 5.81. The number of benzene rings is 1. The van der Waals surface area contributed by atoms with Crippen molar-refractivity contribution in [2.75, 3.05) is 5.75 Å². The molecule has 4 aromatic heterocycles. The molecule has 7 nitrogen and oxygen atoms in total. The fourth-order valence-corrected chi connectivity index (χ4v) is 5.96. The second-order valence-electron chi connectivity index (χ2n) is 8.22. The minimum Gasteiger partial charge on any atom is -0.339 e. The van der Waals surface area contributed by atoms with Gasteiger partial charge in [-0.05, 0) is 60.4 Å². The SMILES string of the molecule is O=c1c2c(C3CC3)csc2nc(SCCCc2nc(-c3ccncc3)no2)n1-c1ccccc1. The van der Waals surface area contributed by atoms with Gasteiger partial charge < -0.3 is 4.52 Å². The van der Waals surface area contributed by atoms with E-state index >= 15 is 0 Å². The predicted molar refractivity (Wildman–Crippen MR) is 134 cm³/mol. The molecule has 6 rings (SSSR count). The lowest BCUT2D eigenvalue weighted by atomic mass is 10.1. The van der Waals surface area contributed by atoms with E-state index in [4.69, 9.17) is 9.51 Å². The summed E-state index contributed by atoms with van der Waals surface area (Å²) in [7, 11) is 0. The summed E-state index contributed by atoms with van der Waals surface area (Å²) < 4.78 is 7.18. The van der Waals surface area contributed by atoms with Gasteiger partial charge in [0.05, 0.1) is 11.1 Å². The largest absolute Gasteiger partial charge is 0.339 e. The Kier molecular flexibility index (Phi) is 5.72. The number of hydrogen-bond acceptors (Lipinski definition) is 8. The van der Waals surface area contributed by atoms with Gasteiger partial charge in [-0.1, -0.05) is 35.1 Å². The predicted octanol–water partition coefficient (Wildman–Crippen LogP) is 5.49. The Morgan fingerprint density at radius 1 is 1.09 bits per heavy atom. The summed E-state index contributed by atoms with van der Waals surface area (Å²) in [5, 5.41) is 7.69. The van der Waals surface area contributed by atoms with Crippen LogP contribution in [0.2, 0.25) is 0 Å². The molecular formula is C25H21N5O2S2.